The number of nitrogens with zero attached hydrogens (tertiary/aromatic N) is 2. The molecule has 0 aliphatic heterocycles. The number of methoxy groups -OCH3 is 1. The van der Waals surface area contributed by atoms with Gasteiger partial charge in [0.1, 0.15) is 18.3 Å². The SMILES string of the molecule is COc1ccc(CN(C(=O)CN(c2cc(C)ccc2C)S(=O)(=O)c2ccccc2)C(C)C(=O)NC(C)C)cc1. The van der Waals surface area contributed by atoms with E-state index in [9.17, 15) is 18.0 Å². The molecule has 0 radical (unpaired) electrons. The summed E-state index contributed by atoms with van der Waals surface area (Å²) in [4.78, 5) is 28.5. The summed E-state index contributed by atoms with van der Waals surface area (Å²) in [5, 5.41) is 2.85. The Morgan fingerprint density at radius 2 is 1.56 bits per heavy atom. The van der Waals surface area contributed by atoms with Crippen LogP contribution in [0.15, 0.2) is 77.7 Å². The van der Waals surface area contributed by atoms with E-state index >= 15 is 0 Å². The van der Waals surface area contributed by atoms with Gasteiger partial charge in [0.05, 0.1) is 17.7 Å². The van der Waals surface area contributed by atoms with Crippen LogP contribution in [0.25, 0.3) is 0 Å². The number of ether oxygens (including phenoxy) is 1. The number of hydrogen-bond donors (Lipinski definition) is 1. The molecule has 0 saturated carbocycles. The van der Waals surface area contributed by atoms with E-state index in [1.807, 2.05) is 45.0 Å². The van der Waals surface area contributed by atoms with Crippen LogP contribution < -0.4 is 14.4 Å². The highest BCUT2D eigenvalue weighted by Crippen LogP contribution is 2.28. The van der Waals surface area contributed by atoms with Gasteiger partial charge in [0, 0.05) is 12.6 Å². The van der Waals surface area contributed by atoms with Crippen molar-refractivity contribution in [2.24, 2.45) is 0 Å². The largest absolute Gasteiger partial charge is 0.497 e. The first-order valence-corrected chi connectivity index (χ1v) is 14.3. The van der Waals surface area contributed by atoms with Crippen molar-refractivity contribution < 1.29 is 22.7 Å². The number of rotatable bonds is 11. The number of benzene rings is 3. The molecule has 208 valence electrons. The quantitative estimate of drug-likeness (QED) is 0.380. The predicted molar refractivity (Wildman–Crippen MR) is 153 cm³/mol. The number of nitrogens with one attached hydrogen (secondary N) is 1. The monoisotopic (exact) mass is 551 g/mol. The van der Waals surface area contributed by atoms with Gasteiger partial charge in [0.15, 0.2) is 0 Å². The molecule has 0 bridgehead atoms. The van der Waals surface area contributed by atoms with Crippen LogP contribution in [-0.4, -0.2) is 50.9 Å². The highest BCUT2D eigenvalue weighted by molar-refractivity contribution is 7.92. The number of hydrogen-bond acceptors (Lipinski definition) is 5. The smallest absolute Gasteiger partial charge is 0.264 e. The lowest BCUT2D eigenvalue weighted by atomic mass is 10.1. The zero-order chi connectivity index (χ0) is 28.7. The second-order valence-electron chi connectivity index (χ2n) is 9.82. The molecule has 0 fully saturated rings. The van der Waals surface area contributed by atoms with Gasteiger partial charge in [-0.15, -0.1) is 0 Å². The summed E-state index contributed by atoms with van der Waals surface area (Å²) in [6.45, 7) is 8.64. The van der Waals surface area contributed by atoms with E-state index in [2.05, 4.69) is 5.32 Å². The second-order valence-corrected chi connectivity index (χ2v) is 11.7. The Balaban J connectivity index is 2.05. The van der Waals surface area contributed by atoms with Crippen molar-refractivity contribution in [2.75, 3.05) is 18.0 Å². The summed E-state index contributed by atoms with van der Waals surface area (Å²) in [6, 6.07) is 19.7. The Kier molecular flexibility index (Phi) is 9.75. The van der Waals surface area contributed by atoms with Gasteiger partial charge in [-0.1, -0.05) is 42.5 Å². The fourth-order valence-corrected chi connectivity index (χ4v) is 5.63. The zero-order valence-corrected chi connectivity index (χ0v) is 24.2. The summed E-state index contributed by atoms with van der Waals surface area (Å²) in [6.07, 6.45) is 0. The minimum atomic E-state index is -4.10. The van der Waals surface area contributed by atoms with E-state index in [1.165, 1.54) is 17.0 Å². The van der Waals surface area contributed by atoms with Crippen LogP contribution in [0.2, 0.25) is 0 Å². The molecule has 1 atom stereocenters. The number of carbonyl (C=O) groups is 2. The average Bonchev–Trinajstić information content (AvgIpc) is 2.91. The Hall–Kier alpha value is -3.85. The van der Waals surface area contributed by atoms with Crippen LogP contribution in [0.5, 0.6) is 5.75 Å². The first kappa shape index (κ1) is 29.7. The van der Waals surface area contributed by atoms with E-state index in [0.29, 0.717) is 17.0 Å². The molecule has 0 aliphatic carbocycles. The van der Waals surface area contributed by atoms with Crippen molar-refractivity contribution in [2.45, 2.75) is 58.1 Å². The Labute approximate surface area is 231 Å². The molecule has 3 aromatic rings. The van der Waals surface area contributed by atoms with Gasteiger partial charge in [-0.05, 0) is 81.6 Å². The molecule has 1 N–H and O–H groups in total. The number of aryl methyl sites for hydroxylation is 2. The molecule has 1 unspecified atom stereocenters. The fraction of sp³-hybridized carbons (Fsp3) is 0.333. The van der Waals surface area contributed by atoms with E-state index in [4.69, 9.17) is 4.74 Å². The van der Waals surface area contributed by atoms with Crippen LogP contribution in [-0.2, 0) is 26.2 Å². The van der Waals surface area contributed by atoms with Crippen molar-refractivity contribution in [1.82, 2.24) is 10.2 Å². The molecular weight excluding hydrogens is 514 g/mol. The van der Waals surface area contributed by atoms with E-state index in [0.717, 1.165) is 15.4 Å². The van der Waals surface area contributed by atoms with Crippen LogP contribution in [0.4, 0.5) is 5.69 Å². The van der Waals surface area contributed by atoms with Crippen LogP contribution in [0.1, 0.15) is 37.5 Å². The molecule has 9 heteroatoms. The highest BCUT2D eigenvalue weighted by Gasteiger charge is 2.33. The molecule has 0 heterocycles. The highest BCUT2D eigenvalue weighted by atomic mass is 32.2. The number of amides is 2. The molecule has 0 aliphatic rings. The second kappa shape index (κ2) is 12.8. The molecular formula is C30H37N3O5S. The third-order valence-corrected chi connectivity index (χ3v) is 8.13. The van der Waals surface area contributed by atoms with Gasteiger partial charge in [0.2, 0.25) is 11.8 Å². The van der Waals surface area contributed by atoms with Gasteiger partial charge in [0.25, 0.3) is 10.0 Å². The summed E-state index contributed by atoms with van der Waals surface area (Å²) >= 11 is 0. The van der Waals surface area contributed by atoms with Gasteiger partial charge < -0.3 is 15.0 Å². The summed E-state index contributed by atoms with van der Waals surface area (Å²) in [5.74, 6) is -0.161. The van der Waals surface area contributed by atoms with Crippen molar-refractivity contribution in [3.63, 3.8) is 0 Å². The lowest BCUT2D eigenvalue weighted by molar-refractivity contribution is -0.139. The Morgan fingerprint density at radius 3 is 2.15 bits per heavy atom. The summed E-state index contributed by atoms with van der Waals surface area (Å²) in [5.41, 5.74) is 2.75. The third kappa shape index (κ3) is 7.38. The third-order valence-electron chi connectivity index (χ3n) is 6.35. The first-order valence-electron chi connectivity index (χ1n) is 12.8. The Bertz CT molecular complexity index is 1390. The summed E-state index contributed by atoms with van der Waals surface area (Å²) in [7, 11) is -2.53. The molecule has 2 amide bonds. The lowest BCUT2D eigenvalue weighted by Crippen LogP contribution is -2.52. The maximum absolute atomic E-state index is 14.0. The van der Waals surface area contributed by atoms with Crippen LogP contribution in [0, 0.1) is 13.8 Å². The van der Waals surface area contributed by atoms with Gasteiger partial charge >= 0.3 is 0 Å². The van der Waals surface area contributed by atoms with E-state index < -0.39 is 28.5 Å². The predicted octanol–water partition coefficient (Wildman–Crippen LogP) is 4.45. The maximum Gasteiger partial charge on any atom is 0.264 e. The molecule has 3 aromatic carbocycles. The lowest BCUT2D eigenvalue weighted by Gasteiger charge is -2.33. The minimum Gasteiger partial charge on any atom is -0.497 e. The average molecular weight is 552 g/mol. The Morgan fingerprint density at radius 1 is 0.923 bits per heavy atom. The topological polar surface area (TPSA) is 96.0 Å². The fourth-order valence-electron chi connectivity index (χ4n) is 4.14. The minimum absolute atomic E-state index is 0.0750. The van der Waals surface area contributed by atoms with Crippen LogP contribution in [0.3, 0.4) is 0 Å². The molecule has 0 spiro atoms. The number of carbonyl (C=O) groups excluding carboxylic acids is 2. The normalized spacial score (nSPS) is 12.1. The van der Waals surface area contributed by atoms with Crippen molar-refractivity contribution in [3.8, 4) is 5.75 Å². The number of anilines is 1. The molecule has 0 aromatic heterocycles. The summed E-state index contributed by atoms with van der Waals surface area (Å²) < 4.78 is 34.2. The van der Waals surface area contributed by atoms with Crippen molar-refractivity contribution in [1.29, 1.82) is 0 Å². The van der Waals surface area contributed by atoms with Crippen LogP contribution >= 0.6 is 0 Å². The van der Waals surface area contributed by atoms with E-state index in [-0.39, 0.29) is 23.4 Å². The molecule has 3 rings (SSSR count). The van der Waals surface area contributed by atoms with E-state index in [1.54, 1.807) is 57.4 Å². The standard InChI is InChI=1S/C30H37N3O5S/c1-21(2)31-30(35)24(5)32(19-25-14-16-26(38-6)17-15-25)29(34)20-33(28-18-22(3)12-13-23(28)4)39(36,37)27-10-8-7-9-11-27/h7-18,21,24H,19-20H2,1-6H3,(H,31,35). The van der Waals surface area contributed by atoms with Crippen molar-refractivity contribution >= 4 is 27.5 Å². The van der Waals surface area contributed by atoms with Gasteiger partial charge in [-0.3, -0.25) is 13.9 Å². The molecule has 8 nitrogen and oxygen atoms in total. The van der Waals surface area contributed by atoms with Gasteiger partial charge in [-0.25, -0.2) is 8.42 Å². The number of sulfonamides is 1. The first-order chi connectivity index (χ1) is 18.4. The molecule has 0 saturated heterocycles. The van der Waals surface area contributed by atoms with Crippen molar-refractivity contribution in [3.05, 3.63) is 89.5 Å². The molecule has 39 heavy (non-hydrogen) atoms. The zero-order valence-electron chi connectivity index (χ0n) is 23.3. The maximum atomic E-state index is 14.0. The van der Waals surface area contributed by atoms with Gasteiger partial charge in [-0.2, -0.15) is 0 Å².